The number of carbonyl (C=O) groups excluding carboxylic acids is 1. The lowest BCUT2D eigenvalue weighted by Crippen LogP contribution is -2.62. The van der Waals surface area contributed by atoms with Crippen molar-refractivity contribution in [3.05, 3.63) is 24.2 Å². The highest BCUT2D eigenvalue weighted by molar-refractivity contribution is 5.78. The van der Waals surface area contributed by atoms with Crippen LogP contribution in [0.15, 0.2) is 23.0 Å². The Kier molecular flexibility index (Phi) is 3.33. The summed E-state index contributed by atoms with van der Waals surface area (Å²) in [6.45, 7) is 5.15. The summed E-state index contributed by atoms with van der Waals surface area (Å²) in [7, 11) is 0. The Bertz CT molecular complexity index is 436. The lowest BCUT2D eigenvalue weighted by Gasteiger charge is -2.47. The van der Waals surface area contributed by atoms with Gasteiger partial charge in [-0.3, -0.25) is 9.69 Å². The van der Waals surface area contributed by atoms with Crippen molar-refractivity contribution in [2.24, 2.45) is 0 Å². The topological polar surface area (TPSA) is 54.7 Å². The summed E-state index contributed by atoms with van der Waals surface area (Å²) in [6, 6.07) is 2.11. The number of piperidine rings is 1. The van der Waals surface area contributed by atoms with Crippen LogP contribution in [0.4, 0.5) is 0 Å². The zero-order valence-electron chi connectivity index (χ0n) is 11.2. The van der Waals surface area contributed by atoms with Crippen LogP contribution in [0.3, 0.4) is 0 Å². The van der Waals surface area contributed by atoms with Gasteiger partial charge in [0.15, 0.2) is 0 Å². The summed E-state index contributed by atoms with van der Waals surface area (Å²) in [5.41, 5.74) is 1.04. The lowest BCUT2D eigenvalue weighted by atomic mass is 9.83. The monoisotopic (exact) mass is 264 g/mol. The van der Waals surface area contributed by atoms with E-state index in [9.17, 15) is 4.79 Å². The fourth-order valence-corrected chi connectivity index (χ4v) is 3.06. The molecule has 3 heterocycles. The Morgan fingerprint density at radius 2 is 2.26 bits per heavy atom. The molecule has 0 saturated carbocycles. The Labute approximate surface area is 112 Å². The molecule has 1 atom stereocenters. The molecular formula is C14H20N2O3. The fraction of sp³-hybridized carbons (Fsp3) is 0.643. The highest BCUT2D eigenvalue weighted by Gasteiger charge is 2.44. The van der Waals surface area contributed by atoms with E-state index < -0.39 is 0 Å². The molecule has 2 saturated heterocycles. The van der Waals surface area contributed by atoms with Crippen LogP contribution < -0.4 is 5.32 Å². The lowest BCUT2D eigenvalue weighted by molar-refractivity contribution is -0.159. The molecule has 1 spiro atoms. The number of furan rings is 1. The van der Waals surface area contributed by atoms with Crippen molar-refractivity contribution in [1.82, 2.24) is 10.2 Å². The quantitative estimate of drug-likeness (QED) is 0.870. The second kappa shape index (κ2) is 4.98. The average molecular weight is 264 g/mol. The number of hydrogen-bond acceptors (Lipinski definition) is 4. The first-order valence-electron chi connectivity index (χ1n) is 6.85. The van der Waals surface area contributed by atoms with Crippen LogP contribution in [0.1, 0.15) is 25.3 Å². The maximum Gasteiger partial charge on any atom is 0.246 e. The van der Waals surface area contributed by atoms with Gasteiger partial charge in [-0.2, -0.15) is 0 Å². The molecule has 1 amide bonds. The van der Waals surface area contributed by atoms with Gasteiger partial charge in [-0.05, 0) is 25.8 Å². The Hall–Kier alpha value is -1.33. The molecule has 3 rings (SSSR count). The van der Waals surface area contributed by atoms with E-state index in [1.165, 1.54) is 5.56 Å². The van der Waals surface area contributed by atoms with Gasteiger partial charge in [-0.25, -0.2) is 0 Å². The molecule has 2 aliphatic heterocycles. The first-order valence-corrected chi connectivity index (χ1v) is 6.85. The summed E-state index contributed by atoms with van der Waals surface area (Å²) in [5.74, 6) is -0.000971. The number of nitrogens with one attached hydrogen (secondary N) is 1. The number of hydrogen-bond donors (Lipinski definition) is 1. The van der Waals surface area contributed by atoms with E-state index in [1.54, 1.807) is 12.5 Å². The van der Waals surface area contributed by atoms with E-state index >= 15 is 0 Å². The number of morpholine rings is 1. The molecule has 2 fully saturated rings. The summed E-state index contributed by atoms with van der Waals surface area (Å²) < 4.78 is 11.0. The van der Waals surface area contributed by atoms with Gasteiger partial charge in [0.05, 0.1) is 24.2 Å². The second-order valence-corrected chi connectivity index (χ2v) is 5.55. The molecule has 0 aliphatic carbocycles. The molecule has 5 heteroatoms. The van der Waals surface area contributed by atoms with Crippen LogP contribution in [0.25, 0.3) is 0 Å². The fourth-order valence-electron chi connectivity index (χ4n) is 3.06. The molecule has 2 aliphatic rings. The summed E-state index contributed by atoms with van der Waals surface area (Å²) >= 11 is 0. The first-order chi connectivity index (χ1) is 9.18. The van der Waals surface area contributed by atoms with Gasteiger partial charge in [0.1, 0.15) is 6.61 Å². The Morgan fingerprint density at radius 1 is 1.47 bits per heavy atom. The Balaban J connectivity index is 1.58. The van der Waals surface area contributed by atoms with Crippen LogP contribution in [-0.4, -0.2) is 42.1 Å². The highest BCUT2D eigenvalue weighted by atomic mass is 16.5. The number of ether oxygens (including phenoxy) is 1. The van der Waals surface area contributed by atoms with Crippen LogP contribution in [0, 0.1) is 0 Å². The maximum atomic E-state index is 11.3. The standard InChI is InChI=1S/C14H20N2O3/c1-11-14(19-10-13(17)15-11)3-5-16(6-4-14)8-12-2-7-18-9-12/h2,7,9,11H,3-6,8,10H2,1H3,(H,15,17)/t11-/m0/s1. The summed E-state index contributed by atoms with van der Waals surface area (Å²) in [5, 5.41) is 3.00. The van der Waals surface area contributed by atoms with E-state index in [-0.39, 0.29) is 24.2 Å². The van der Waals surface area contributed by atoms with Crippen LogP contribution in [-0.2, 0) is 16.1 Å². The predicted molar refractivity (Wildman–Crippen MR) is 69.5 cm³/mol. The van der Waals surface area contributed by atoms with E-state index in [1.807, 2.05) is 13.0 Å². The van der Waals surface area contributed by atoms with Gasteiger partial charge in [-0.1, -0.05) is 0 Å². The summed E-state index contributed by atoms with van der Waals surface area (Å²) in [4.78, 5) is 13.7. The molecule has 19 heavy (non-hydrogen) atoms. The third kappa shape index (κ3) is 2.53. The van der Waals surface area contributed by atoms with Crippen LogP contribution in [0.5, 0.6) is 0 Å². The third-order valence-corrected chi connectivity index (χ3v) is 4.35. The van der Waals surface area contributed by atoms with Crippen molar-refractivity contribution in [1.29, 1.82) is 0 Å². The minimum Gasteiger partial charge on any atom is -0.472 e. The van der Waals surface area contributed by atoms with E-state index in [4.69, 9.17) is 9.15 Å². The van der Waals surface area contributed by atoms with Crippen molar-refractivity contribution in [2.75, 3.05) is 19.7 Å². The number of amides is 1. The Morgan fingerprint density at radius 3 is 2.89 bits per heavy atom. The normalized spacial score (nSPS) is 27.4. The zero-order valence-corrected chi connectivity index (χ0v) is 11.2. The molecule has 0 aromatic carbocycles. The minimum absolute atomic E-state index is 0.000971. The smallest absolute Gasteiger partial charge is 0.246 e. The second-order valence-electron chi connectivity index (χ2n) is 5.55. The SMILES string of the molecule is C[C@@H]1NC(=O)COC12CCN(Cc1ccoc1)CC2. The highest BCUT2D eigenvalue weighted by Crippen LogP contribution is 2.32. The first kappa shape index (κ1) is 12.7. The van der Waals surface area contributed by atoms with Gasteiger partial charge in [0.2, 0.25) is 5.91 Å². The van der Waals surface area contributed by atoms with Gasteiger partial charge < -0.3 is 14.5 Å². The van der Waals surface area contributed by atoms with Gasteiger partial charge in [0, 0.05) is 25.2 Å². The van der Waals surface area contributed by atoms with E-state index in [2.05, 4.69) is 10.2 Å². The molecule has 1 aromatic heterocycles. The minimum atomic E-state index is -0.166. The number of rotatable bonds is 2. The molecule has 5 nitrogen and oxygen atoms in total. The number of likely N-dealkylation sites (tertiary alicyclic amines) is 1. The molecule has 0 bridgehead atoms. The van der Waals surface area contributed by atoms with Crippen molar-refractivity contribution in [3.8, 4) is 0 Å². The van der Waals surface area contributed by atoms with Gasteiger partial charge in [-0.15, -0.1) is 0 Å². The average Bonchev–Trinajstić information content (AvgIpc) is 2.90. The van der Waals surface area contributed by atoms with Crippen molar-refractivity contribution in [2.45, 2.75) is 38.0 Å². The molecule has 1 aromatic rings. The van der Waals surface area contributed by atoms with Crippen LogP contribution >= 0.6 is 0 Å². The van der Waals surface area contributed by atoms with Gasteiger partial charge >= 0.3 is 0 Å². The van der Waals surface area contributed by atoms with Crippen molar-refractivity contribution in [3.63, 3.8) is 0 Å². The molecule has 104 valence electrons. The van der Waals surface area contributed by atoms with Crippen LogP contribution in [0.2, 0.25) is 0 Å². The largest absolute Gasteiger partial charge is 0.472 e. The number of nitrogens with zero attached hydrogens (tertiary/aromatic N) is 1. The van der Waals surface area contributed by atoms with Crippen molar-refractivity contribution >= 4 is 5.91 Å². The van der Waals surface area contributed by atoms with Crippen molar-refractivity contribution < 1.29 is 13.9 Å². The third-order valence-electron chi connectivity index (χ3n) is 4.35. The molecule has 1 N–H and O–H groups in total. The van der Waals surface area contributed by atoms with Gasteiger partial charge in [0.25, 0.3) is 0 Å². The summed E-state index contributed by atoms with van der Waals surface area (Å²) in [6.07, 6.45) is 5.44. The van der Waals surface area contributed by atoms with E-state index in [0.717, 1.165) is 32.5 Å². The molecular weight excluding hydrogens is 244 g/mol. The molecule has 0 unspecified atom stereocenters. The molecule has 0 radical (unpaired) electrons. The van der Waals surface area contributed by atoms with E-state index in [0.29, 0.717) is 0 Å². The zero-order chi connectivity index (χ0) is 13.3. The number of carbonyl (C=O) groups is 1. The predicted octanol–water partition coefficient (Wildman–Crippen LogP) is 1.15. The maximum absolute atomic E-state index is 11.3.